The number of hydrogen-bond acceptors (Lipinski definition) is 4. The van der Waals surface area contributed by atoms with Crippen LogP contribution in [0.2, 0.25) is 5.02 Å². The predicted molar refractivity (Wildman–Crippen MR) is 119 cm³/mol. The van der Waals surface area contributed by atoms with Crippen LogP contribution in [0.5, 0.6) is 0 Å². The Labute approximate surface area is 187 Å². The van der Waals surface area contributed by atoms with Gasteiger partial charge in [-0.2, -0.15) is 4.72 Å². The van der Waals surface area contributed by atoms with Crippen molar-refractivity contribution in [2.24, 2.45) is 11.8 Å². The molecule has 1 aliphatic carbocycles. The van der Waals surface area contributed by atoms with Crippen LogP contribution >= 0.6 is 24.0 Å². The van der Waals surface area contributed by atoms with Gasteiger partial charge in [-0.25, -0.2) is 8.42 Å². The van der Waals surface area contributed by atoms with Gasteiger partial charge in [-0.15, -0.1) is 12.4 Å². The molecule has 0 radical (unpaired) electrons. The van der Waals surface area contributed by atoms with Crippen molar-refractivity contribution in [3.63, 3.8) is 0 Å². The predicted octanol–water partition coefficient (Wildman–Crippen LogP) is 3.55. The lowest BCUT2D eigenvalue weighted by atomic mass is 9.90. The van der Waals surface area contributed by atoms with Crippen molar-refractivity contribution < 1.29 is 18.3 Å². The molecule has 2 unspecified atom stereocenters. The van der Waals surface area contributed by atoms with Gasteiger partial charge in [0.1, 0.15) is 5.54 Å². The number of benzene rings is 2. The number of sulfonamides is 1. The van der Waals surface area contributed by atoms with Crippen molar-refractivity contribution in [2.75, 3.05) is 13.1 Å². The highest BCUT2D eigenvalue weighted by atomic mass is 35.5. The third kappa shape index (κ3) is 4.50. The average molecular weight is 471 g/mol. The van der Waals surface area contributed by atoms with E-state index in [1.165, 1.54) is 12.1 Å². The Morgan fingerprint density at radius 2 is 1.57 bits per heavy atom. The fraction of sp³-hybridized carbons (Fsp3) is 0.381. The van der Waals surface area contributed by atoms with Gasteiger partial charge >= 0.3 is 5.97 Å². The molecule has 2 atom stereocenters. The molecule has 0 amide bonds. The van der Waals surface area contributed by atoms with Gasteiger partial charge in [0.05, 0.1) is 4.90 Å². The van der Waals surface area contributed by atoms with E-state index in [1.807, 2.05) is 12.1 Å². The molecule has 162 valence electrons. The van der Waals surface area contributed by atoms with E-state index < -0.39 is 21.5 Å². The van der Waals surface area contributed by atoms with Gasteiger partial charge in [-0.05, 0) is 79.6 Å². The van der Waals surface area contributed by atoms with Crippen molar-refractivity contribution in [3.05, 3.63) is 53.6 Å². The molecular weight excluding hydrogens is 447 g/mol. The Morgan fingerprint density at radius 1 is 1.03 bits per heavy atom. The van der Waals surface area contributed by atoms with E-state index in [9.17, 15) is 18.3 Å². The maximum Gasteiger partial charge on any atom is 0.325 e. The number of halogens is 2. The summed E-state index contributed by atoms with van der Waals surface area (Å²) in [6.45, 7) is 1.69. The normalized spacial score (nSPS) is 24.1. The van der Waals surface area contributed by atoms with Crippen LogP contribution in [-0.2, 0) is 14.8 Å². The molecule has 0 aromatic heterocycles. The number of carbonyl (C=O) groups is 1. The number of rotatable bonds is 6. The molecule has 1 aliphatic heterocycles. The molecule has 1 saturated heterocycles. The molecule has 3 N–H and O–H groups in total. The van der Waals surface area contributed by atoms with E-state index >= 15 is 0 Å². The molecule has 1 heterocycles. The highest BCUT2D eigenvalue weighted by molar-refractivity contribution is 7.89. The van der Waals surface area contributed by atoms with Crippen LogP contribution in [0.1, 0.15) is 19.3 Å². The second-order valence-corrected chi connectivity index (χ2v) is 9.93. The molecule has 2 fully saturated rings. The van der Waals surface area contributed by atoms with Gasteiger partial charge in [-0.1, -0.05) is 35.9 Å². The Balaban J connectivity index is 0.00000256. The summed E-state index contributed by atoms with van der Waals surface area (Å²) in [7, 11) is -3.95. The third-order valence-corrected chi connectivity index (χ3v) is 7.79. The first-order chi connectivity index (χ1) is 13.8. The van der Waals surface area contributed by atoms with Crippen LogP contribution in [0.15, 0.2) is 53.4 Å². The molecule has 2 aromatic carbocycles. The summed E-state index contributed by atoms with van der Waals surface area (Å²) in [5.74, 6) is -1.03. The number of piperidine rings is 1. The van der Waals surface area contributed by atoms with E-state index in [2.05, 4.69) is 10.0 Å². The molecule has 9 heteroatoms. The monoisotopic (exact) mass is 470 g/mol. The minimum Gasteiger partial charge on any atom is -0.480 e. The van der Waals surface area contributed by atoms with E-state index in [-0.39, 0.29) is 29.1 Å². The Morgan fingerprint density at radius 3 is 2.10 bits per heavy atom. The summed E-state index contributed by atoms with van der Waals surface area (Å²) in [6, 6.07) is 13.7. The van der Waals surface area contributed by atoms with Gasteiger partial charge < -0.3 is 10.4 Å². The lowest BCUT2D eigenvalue weighted by molar-refractivity contribution is -0.140. The van der Waals surface area contributed by atoms with Crippen molar-refractivity contribution in [3.8, 4) is 11.1 Å². The number of carboxylic acid groups (broad SMARTS) is 1. The van der Waals surface area contributed by atoms with Gasteiger partial charge in [0.15, 0.2) is 0 Å². The van der Waals surface area contributed by atoms with Crippen LogP contribution in [-0.4, -0.2) is 38.1 Å². The quantitative estimate of drug-likeness (QED) is 0.599. The molecule has 2 aliphatic rings. The van der Waals surface area contributed by atoms with Gasteiger partial charge in [0.2, 0.25) is 10.0 Å². The largest absolute Gasteiger partial charge is 0.480 e. The molecular formula is C21H24Cl2N2O4S. The Kier molecular flexibility index (Phi) is 6.79. The summed E-state index contributed by atoms with van der Waals surface area (Å²) >= 11 is 5.91. The molecule has 6 nitrogen and oxygen atoms in total. The number of nitrogens with one attached hydrogen (secondary N) is 2. The first-order valence-electron chi connectivity index (χ1n) is 9.66. The molecule has 0 bridgehead atoms. The van der Waals surface area contributed by atoms with Crippen LogP contribution in [0.25, 0.3) is 11.1 Å². The summed E-state index contributed by atoms with van der Waals surface area (Å²) in [5.41, 5.74) is 0.379. The Bertz CT molecular complexity index is 1010. The van der Waals surface area contributed by atoms with Gasteiger partial charge in [-0.3, -0.25) is 4.79 Å². The van der Waals surface area contributed by atoms with Crippen molar-refractivity contribution in [2.45, 2.75) is 29.7 Å². The van der Waals surface area contributed by atoms with Gasteiger partial charge in [0, 0.05) is 5.02 Å². The fourth-order valence-electron chi connectivity index (χ4n) is 4.28. The number of aliphatic carboxylic acids is 1. The Hall–Kier alpha value is -1.64. The van der Waals surface area contributed by atoms with E-state index in [1.54, 1.807) is 24.3 Å². The summed E-state index contributed by atoms with van der Waals surface area (Å²) in [5, 5.41) is 13.7. The zero-order valence-electron chi connectivity index (χ0n) is 16.2. The fourth-order valence-corrected chi connectivity index (χ4v) is 5.82. The van der Waals surface area contributed by atoms with E-state index in [4.69, 9.17) is 11.6 Å². The first kappa shape index (κ1) is 23.0. The lowest BCUT2D eigenvalue weighted by Gasteiger charge is -2.25. The van der Waals surface area contributed by atoms with Crippen LogP contribution in [0.3, 0.4) is 0 Å². The number of hydrogen-bond donors (Lipinski definition) is 3. The second-order valence-electron chi connectivity index (χ2n) is 7.81. The van der Waals surface area contributed by atoms with Crippen molar-refractivity contribution in [1.29, 1.82) is 0 Å². The van der Waals surface area contributed by atoms with E-state index in [0.717, 1.165) is 37.1 Å². The minimum absolute atomic E-state index is 0. The molecule has 1 saturated carbocycles. The maximum atomic E-state index is 12.9. The second kappa shape index (κ2) is 8.85. The minimum atomic E-state index is -3.95. The average Bonchev–Trinajstić information content (AvgIpc) is 3.44. The van der Waals surface area contributed by atoms with E-state index in [0.29, 0.717) is 11.4 Å². The zero-order valence-corrected chi connectivity index (χ0v) is 18.6. The summed E-state index contributed by atoms with van der Waals surface area (Å²) in [6.07, 6.45) is 2.09. The van der Waals surface area contributed by atoms with Crippen LogP contribution in [0.4, 0.5) is 0 Å². The summed E-state index contributed by atoms with van der Waals surface area (Å²) in [4.78, 5) is 12.0. The topological polar surface area (TPSA) is 95.5 Å². The molecule has 0 spiro atoms. The lowest BCUT2D eigenvalue weighted by Crippen LogP contribution is -2.46. The summed E-state index contributed by atoms with van der Waals surface area (Å²) < 4.78 is 28.3. The third-order valence-electron chi connectivity index (χ3n) is 6.01. The van der Waals surface area contributed by atoms with Crippen LogP contribution < -0.4 is 10.0 Å². The highest BCUT2D eigenvalue weighted by Gasteiger charge is 2.64. The van der Waals surface area contributed by atoms with Crippen molar-refractivity contribution >= 4 is 40.0 Å². The smallest absolute Gasteiger partial charge is 0.325 e. The van der Waals surface area contributed by atoms with Crippen molar-refractivity contribution in [1.82, 2.24) is 10.0 Å². The number of carboxylic acids is 1. The standard InChI is InChI=1S/C21H23ClN2O4S.ClH/c22-17-5-1-14(2-6-17)15-3-7-18(8-4-15)29(27,28)24-21(20(25)26)13-19(21)16-9-11-23-12-10-16;/h1-8,16,19,23-24H,9-13H2,(H,25,26);1H. The molecule has 30 heavy (non-hydrogen) atoms. The van der Waals surface area contributed by atoms with Crippen LogP contribution in [0, 0.1) is 11.8 Å². The zero-order chi connectivity index (χ0) is 20.6. The van der Waals surface area contributed by atoms with Gasteiger partial charge in [0.25, 0.3) is 0 Å². The maximum absolute atomic E-state index is 12.9. The highest BCUT2D eigenvalue weighted by Crippen LogP contribution is 2.52. The molecule has 2 aromatic rings. The SMILES string of the molecule is Cl.O=C(O)C1(NS(=O)(=O)c2ccc(-c3ccc(Cl)cc3)cc2)CC1C1CCNCC1. The first-order valence-corrected chi connectivity index (χ1v) is 11.5. The molecule has 4 rings (SSSR count).